The number of aliphatic hydroxyl groups is 1. The van der Waals surface area contributed by atoms with Crippen LogP contribution in [0, 0.1) is 12.8 Å². The van der Waals surface area contributed by atoms with E-state index < -0.39 is 0 Å². The third kappa shape index (κ3) is 4.39. The molecule has 1 rings (SSSR count). The summed E-state index contributed by atoms with van der Waals surface area (Å²) in [5.74, 6) is 1.59. The van der Waals surface area contributed by atoms with Crippen LogP contribution in [-0.4, -0.2) is 12.2 Å². The van der Waals surface area contributed by atoms with Gasteiger partial charge in [0.2, 0.25) is 0 Å². The maximum atomic E-state index is 10.1. The van der Waals surface area contributed by atoms with E-state index in [-0.39, 0.29) is 6.10 Å². The molecule has 1 unspecified atom stereocenters. The molecule has 96 valence electrons. The Kier molecular flexibility index (Phi) is 5.49. The first-order valence-electron chi connectivity index (χ1n) is 6.37. The Hall–Kier alpha value is -1.02. The summed E-state index contributed by atoms with van der Waals surface area (Å²) in [4.78, 5) is 0. The lowest BCUT2D eigenvalue weighted by Gasteiger charge is -2.14. The minimum Gasteiger partial charge on any atom is -0.496 e. The van der Waals surface area contributed by atoms with Crippen molar-refractivity contribution in [1.82, 2.24) is 0 Å². The Morgan fingerprint density at radius 2 is 1.94 bits per heavy atom. The predicted octanol–water partition coefficient (Wildman–Crippen LogP) is 3.86. The highest BCUT2D eigenvalue weighted by Crippen LogP contribution is 2.25. The molecule has 1 aromatic carbocycles. The van der Waals surface area contributed by atoms with Gasteiger partial charge in [-0.2, -0.15) is 0 Å². The Morgan fingerprint density at radius 3 is 2.47 bits per heavy atom. The molecule has 0 saturated carbocycles. The Morgan fingerprint density at radius 1 is 1.24 bits per heavy atom. The van der Waals surface area contributed by atoms with Gasteiger partial charge in [0.05, 0.1) is 13.2 Å². The highest BCUT2D eigenvalue weighted by molar-refractivity contribution is 5.36. The quantitative estimate of drug-likeness (QED) is 0.812. The zero-order chi connectivity index (χ0) is 12.8. The van der Waals surface area contributed by atoms with Crippen molar-refractivity contribution in [1.29, 1.82) is 0 Å². The fraction of sp³-hybridized carbons (Fsp3) is 0.600. The first kappa shape index (κ1) is 14.0. The second-order valence-corrected chi connectivity index (χ2v) is 5.07. The summed E-state index contributed by atoms with van der Waals surface area (Å²) in [6.07, 6.45) is 2.73. The van der Waals surface area contributed by atoms with Gasteiger partial charge in [-0.15, -0.1) is 0 Å². The number of methoxy groups -OCH3 is 1. The second-order valence-electron chi connectivity index (χ2n) is 5.07. The SMILES string of the molecule is COc1ccc(C(O)CCCC(C)C)cc1C. The number of benzene rings is 1. The number of hydrogen-bond donors (Lipinski definition) is 1. The van der Waals surface area contributed by atoms with Crippen LogP contribution < -0.4 is 4.74 Å². The molecule has 0 radical (unpaired) electrons. The number of ether oxygens (including phenoxy) is 1. The van der Waals surface area contributed by atoms with Crippen LogP contribution in [0.25, 0.3) is 0 Å². The topological polar surface area (TPSA) is 29.5 Å². The maximum Gasteiger partial charge on any atom is 0.121 e. The first-order valence-corrected chi connectivity index (χ1v) is 6.37. The van der Waals surface area contributed by atoms with Gasteiger partial charge in [0, 0.05) is 0 Å². The smallest absolute Gasteiger partial charge is 0.121 e. The first-order chi connectivity index (χ1) is 8.04. The summed E-state index contributed by atoms with van der Waals surface area (Å²) in [5, 5.41) is 10.1. The van der Waals surface area contributed by atoms with Gasteiger partial charge in [-0.05, 0) is 42.5 Å². The van der Waals surface area contributed by atoms with Crippen LogP contribution in [0.4, 0.5) is 0 Å². The molecule has 1 N–H and O–H groups in total. The average Bonchev–Trinajstić information content (AvgIpc) is 2.28. The van der Waals surface area contributed by atoms with Crippen LogP contribution in [0.15, 0.2) is 18.2 Å². The van der Waals surface area contributed by atoms with Crippen molar-refractivity contribution in [2.24, 2.45) is 5.92 Å². The highest BCUT2D eigenvalue weighted by Gasteiger charge is 2.09. The van der Waals surface area contributed by atoms with Crippen molar-refractivity contribution in [3.8, 4) is 5.75 Å². The van der Waals surface area contributed by atoms with E-state index in [4.69, 9.17) is 4.74 Å². The molecule has 17 heavy (non-hydrogen) atoms. The van der Waals surface area contributed by atoms with Crippen molar-refractivity contribution < 1.29 is 9.84 Å². The normalized spacial score (nSPS) is 12.8. The molecule has 0 aliphatic rings. The molecular weight excluding hydrogens is 212 g/mol. The van der Waals surface area contributed by atoms with Gasteiger partial charge in [-0.25, -0.2) is 0 Å². The maximum absolute atomic E-state index is 10.1. The van der Waals surface area contributed by atoms with E-state index in [1.54, 1.807) is 7.11 Å². The molecule has 0 aromatic heterocycles. The molecule has 0 spiro atoms. The summed E-state index contributed by atoms with van der Waals surface area (Å²) in [7, 11) is 1.67. The molecule has 0 aliphatic heterocycles. The van der Waals surface area contributed by atoms with Gasteiger partial charge in [-0.3, -0.25) is 0 Å². The molecule has 0 amide bonds. The van der Waals surface area contributed by atoms with E-state index >= 15 is 0 Å². The van der Waals surface area contributed by atoms with Crippen molar-refractivity contribution in [2.45, 2.75) is 46.1 Å². The lowest BCUT2D eigenvalue weighted by atomic mass is 9.99. The lowest BCUT2D eigenvalue weighted by molar-refractivity contribution is 0.162. The zero-order valence-electron chi connectivity index (χ0n) is 11.4. The fourth-order valence-corrected chi connectivity index (χ4v) is 2.00. The van der Waals surface area contributed by atoms with Gasteiger partial charge in [0.25, 0.3) is 0 Å². The van der Waals surface area contributed by atoms with Gasteiger partial charge in [0.1, 0.15) is 5.75 Å². The van der Waals surface area contributed by atoms with Crippen LogP contribution in [0.2, 0.25) is 0 Å². The molecule has 2 heteroatoms. The van der Waals surface area contributed by atoms with E-state index in [0.29, 0.717) is 5.92 Å². The molecule has 0 saturated heterocycles. The molecule has 0 aliphatic carbocycles. The van der Waals surface area contributed by atoms with Crippen molar-refractivity contribution in [3.05, 3.63) is 29.3 Å². The molecule has 0 heterocycles. The van der Waals surface area contributed by atoms with E-state index in [2.05, 4.69) is 13.8 Å². The van der Waals surface area contributed by atoms with E-state index in [1.165, 1.54) is 6.42 Å². The number of hydrogen-bond acceptors (Lipinski definition) is 2. The molecule has 1 aromatic rings. The second kappa shape index (κ2) is 6.65. The van der Waals surface area contributed by atoms with E-state index in [0.717, 1.165) is 29.7 Å². The summed E-state index contributed by atoms with van der Waals surface area (Å²) in [6, 6.07) is 5.89. The number of aryl methyl sites for hydroxylation is 1. The van der Waals surface area contributed by atoms with Crippen LogP contribution in [0.5, 0.6) is 5.75 Å². The van der Waals surface area contributed by atoms with Crippen LogP contribution >= 0.6 is 0 Å². The number of rotatable bonds is 6. The van der Waals surface area contributed by atoms with Crippen LogP contribution in [0.3, 0.4) is 0 Å². The molecule has 0 fully saturated rings. The largest absolute Gasteiger partial charge is 0.496 e. The van der Waals surface area contributed by atoms with Gasteiger partial charge >= 0.3 is 0 Å². The summed E-state index contributed by atoms with van der Waals surface area (Å²) in [5.41, 5.74) is 2.07. The van der Waals surface area contributed by atoms with Crippen LogP contribution in [0.1, 0.15) is 50.3 Å². The van der Waals surface area contributed by atoms with E-state index in [1.807, 2.05) is 25.1 Å². The summed E-state index contributed by atoms with van der Waals surface area (Å²) in [6.45, 7) is 6.43. The Balaban J connectivity index is 2.57. The lowest BCUT2D eigenvalue weighted by Crippen LogP contribution is -2.00. The fourth-order valence-electron chi connectivity index (χ4n) is 2.00. The third-order valence-electron chi connectivity index (χ3n) is 3.06. The molecule has 0 bridgehead atoms. The van der Waals surface area contributed by atoms with E-state index in [9.17, 15) is 5.11 Å². The average molecular weight is 236 g/mol. The van der Waals surface area contributed by atoms with Crippen molar-refractivity contribution in [2.75, 3.05) is 7.11 Å². The van der Waals surface area contributed by atoms with Gasteiger partial charge < -0.3 is 9.84 Å². The summed E-state index contributed by atoms with van der Waals surface area (Å²) < 4.78 is 5.21. The number of aliphatic hydroxyl groups excluding tert-OH is 1. The van der Waals surface area contributed by atoms with Crippen molar-refractivity contribution >= 4 is 0 Å². The molecule has 2 nitrogen and oxygen atoms in total. The van der Waals surface area contributed by atoms with Gasteiger partial charge in [0.15, 0.2) is 0 Å². The zero-order valence-corrected chi connectivity index (χ0v) is 11.4. The third-order valence-corrected chi connectivity index (χ3v) is 3.06. The Labute approximate surface area is 105 Å². The Bertz CT molecular complexity index is 345. The standard InChI is InChI=1S/C15H24O2/c1-11(2)6-5-7-14(16)13-8-9-15(17-4)12(3)10-13/h8-11,14,16H,5-7H2,1-4H3. The molecular formula is C15H24O2. The minimum absolute atomic E-state index is 0.349. The highest BCUT2D eigenvalue weighted by atomic mass is 16.5. The van der Waals surface area contributed by atoms with Gasteiger partial charge in [-0.1, -0.05) is 32.8 Å². The molecule has 1 atom stereocenters. The minimum atomic E-state index is -0.349. The monoisotopic (exact) mass is 236 g/mol. The van der Waals surface area contributed by atoms with Crippen LogP contribution in [-0.2, 0) is 0 Å². The summed E-state index contributed by atoms with van der Waals surface area (Å²) >= 11 is 0. The van der Waals surface area contributed by atoms with Crippen molar-refractivity contribution in [3.63, 3.8) is 0 Å². The predicted molar refractivity (Wildman–Crippen MR) is 71.4 cm³/mol.